The Kier molecular flexibility index (Phi) is 6.75. The first kappa shape index (κ1) is 20.4. The Labute approximate surface area is 160 Å². The summed E-state index contributed by atoms with van der Waals surface area (Å²) in [5.41, 5.74) is 11.0. The molecule has 0 spiro atoms. The van der Waals surface area contributed by atoms with Crippen LogP contribution in [0.5, 0.6) is 0 Å². The zero-order valence-electron chi connectivity index (χ0n) is 18.0. The van der Waals surface area contributed by atoms with Crippen LogP contribution in [0.2, 0.25) is 0 Å². The van der Waals surface area contributed by atoms with Gasteiger partial charge in [0.1, 0.15) is 0 Å². The molecule has 0 fully saturated rings. The van der Waals surface area contributed by atoms with Crippen LogP contribution in [0.3, 0.4) is 0 Å². The van der Waals surface area contributed by atoms with Crippen LogP contribution in [0.1, 0.15) is 49.9 Å². The molecular formula is C24H36N2. The van der Waals surface area contributed by atoms with Gasteiger partial charge in [-0.25, -0.2) is 0 Å². The lowest BCUT2D eigenvalue weighted by Crippen LogP contribution is -2.22. The van der Waals surface area contributed by atoms with Gasteiger partial charge in [-0.1, -0.05) is 0 Å². The standard InChI is InChI=1S/C24H36N2/c1-9-25(10-2)21-13-17(5)23(18(6)14-21)24-19(7)15-22(16-20(24)8)26(11-3)12-4/h13-16H,9-12H2,1-8H3. The maximum atomic E-state index is 2.42. The van der Waals surface area contributed by atoms with Crippen LogP contribution in [0.15, 0.2) is 24.3 Å². The number of nitrogens with zero attached hydrogens (tertiary/aromatic N) is 2. The number of aryl methyl sites for hydroxylation is 4. The number of hydrogen-bond acceptors (Lipinski definition) is 2. The van der Waals surface area contributed by atoms with Crippen molar-refractivity contribution < 1.29 is 0 Å². The van der Waals surface area contributed by atoms with E-state index in [-0.39, 0.29) is 0 Å². The third kappa shape index (κ3) is 3.90. The summed E-state index contributed by atoms with van der Waals surface area (Å²) in [7, 11) is 0. The van der Waals surface area contributed by atoms with Gasteiger partial charge in [-0.2, -0.15) is 0 Å². The van der Waals surface area contributed by atoms with Crippen molar-refractivity contribution in [2.45, 2.75) is 55.4 Å². The van der Waals surface area contributed by atoms with Crippen LogP contribution in [0.4, 0.5) is 11.4 Å². The number of benzene rings is 2. The van der Waals surface area contributed by atoms with Crippen molar-refractivity contribution in [2.24, 2.45) is 0 Å². The monoisotopic (exact) mass is 352 g/mol. The summed E-state index contributed by atoms with van der Waals surface area (Å²) in [6, 6.07) is 9.41. The molecule has 0 aliphatic rings. The fourth-order valence-corrected chi connectivity index (χ4v) is 4.21. The maximum absolute atomic E-state index is 2.42. The topological polar surface area (TPSA) is 6.48 Å². The average Bonchev–Trinajstić information content (AvgIpc) is 2.59. The predicted octanol–water partition coefficient (Wildman–Crippen LogP) is 6.28. The Hall–Kier alpha value is -1.96. The van der Waals surface area contributed by atoms with Crippen LogP contribution >= 0.6 is 0 Å². The fraction of sp³-hybridized carbons (Fsp3) is 0.500. The van der Waals surface area contributed by atoms with E-state index in [9.17, 15) is 0 Å². The minimum absolute atomic E-state index is 1.05. The molecule has 0 aromatic heterocycles. The van der Waals surface area contributed by atoms with Crippen LogP contribution < -0.4 is 9.80 Å². The molecule has 0 unspecified atom stereocenters. The highest BCUT2D eigenvalue weighted by Crippen LogP contribution is 2.37. The summed E-state index contributed by atoms with van der Waals surface area (Å²) in [5, 5.41) is 0. The molecule has 0 saturated heterocycles. The smallest absolute Gasteiger partial charge is 0.0371 e. The molecule has 0 atom stereocenters. The van der Waals surface area contributed by atoms with Gasteiger partial charge >= 0.3 is 0 Å². The van der Waals surface area contributed by atoms with Crippen molar-refractivity contribution in [2.75, 3.05) is 36.0 Å². The van der Waals surface area contributed by atoms with Gasteiger partial charge in [-0.15, -0.1) is 0 Å². The van der Waals surface area contributed by atoms with E-state index in [1.807, 2.05) is 0 Å². The van der Waals surface area contributed by atoms with Crippen molar-refractivity contribution in [1.29, 1.82) is 0 Å². The molecule has 0 radical (unpaired) electrons. The molecule has 0 aliphatic carbocycles. The Morgan fingerprint density at radius 1 is 0.500 bits per heavy atom. The van der Waals surface area contributed by atoms with E-state index in [4.69, 9.17) is 0 Å². The molecule has 0 N–H and O–H groups in total. The number of hydrogen-bond donors (Lipinski definition) is 0. The van der Waals surface area contributed by atoms with Gasteiger partial charge in [0.15, 0.2) is 0 Å². The van der Waals surface area contributed by atoms with E-state index < -0.39 is 0 Å². The van der Waals surface area contributed by atoms with Crippen LogP contribution in [-0.2, 0) is 0 Å². The van der Waals surface area contributed by atoms with E-state index in [2.05, 4.69) is 89.5 Å². The summed E-state index contributed by atoms with van der Waals surface area (Å²) in [4.78, 5) is 4.85. The van der Waals surface area contributed by atoms with Crippen molar-refractivity contribution >= 4 is 11.4 Å². The molecule has 2 aromatic carbocycles. The maximum Gasteiger partial charge on any atom is 0.0371 e. The third-order valence-electron chi connectivity index (χ3n) is 5.54. The molecule has 0 bridgehead atoms. The molecular weight excluding hydrogens is 316 g/mol. The van der Waals surface area contributed by atoms with Gasteiger partial charge in [0.2, 0.25) is 0 Å². The summed E-state index contributed by atoms with van der Waals surface area (Å²) in [6.07, 6.45) is 0. The highest BCUT2D eigenvalue weighted by Gasteiger charge is 2.16. The van der Waals surface area contributed by atoms with Gasteiger partial charge in [-0.3, -0.25) is 0 Å². The van der Waals surface area contributed by atoms with Gasteiger partial charge < -0.3 is 9.80 Å². The molecule has 26 heavy (non-hydrogen) atoms. The highest BCUT2D eigenvalue weighted by atomic mass is 15.1. The number of anilines is 2. The average molecular weight is 353 g/mol. The summed E-state index contributed by atoms with van der Waals surface area (Å²) in [5.74, 6) is 0. The van der Waals surface area contributed by atoms with Gasteiger partial charge in [0.25, 0.3) is 0 Å². The van der Waals surface area contributed by atoms with E-state index in [0.29, 0.717) is 0 Å². The Morgan fingerprint density at radius 3 is 0.923 bits per heavy atom. The lowest BCUT2D eigenvalue weighted by Gasteiger charge is -2.26. The van der Waals surface area contributed by atoms with Crippen LogP contribution in [0, 0.1) is 27.7 Å². The minimum Gasteiger partial charge on any atom is -0.372 e. The highest BCUT2D eigenvalue weighted by molar-refractivity contribution is 5.80. The van der Waals surface area contributed by atoms with Gasteiger partial charge in [0.05, 0.1) is 0 Å². The number of rotatable bonds is 7. The summed E-state index contributed by atoms with van der Waals surface area (Å²) in [6.45, 7) is 22.1. The predicted molar refractivity (Wildman–Crippen MR) is 118 cm³/mol. The van der Waals surface area contributed by atoms with Crippen LogP contribution in [0.25, 0.3) is 11.1 Å². The van der Waals surface area contributed by atoms with Gasteiger partial charge in [-0.05, 0) is 113 Å². The van der Waals surface area contributed by atoms with Crippen molar-refractivity contribution in [1.82, 2.24) is 0 Å². The van der Waals surface area contributed by atoms with E-state index in [1.54, 1.807) is 0 Å². The first-order valence-electron chi connectivity index (χ1n) is 10.1. The summed E-state index contributed by atoms with van der Waals surface area (Å²) >= 11 is 0. The fourth-order valence-electron chi connectivity index (χ4n) is 4.21. The quantitative estimate of drug-likeness (QED) is 0.578. The third-order valence-corrected chi connectivity index (χ3v) is 5.54. The second-order valence-corrected chi connectivity index (χ2v) is 7.25. The normalized spacial score (nSPS) is 10.9. The molecule has 0 aliphatic heterocycles. The van der Waals surface area contributed by atoms with Crippen molar-refractivity contribution in [3.05, 3.63) is 46.5 Å². The second-order valence-electron chi connectivity index (χ2n) is 7.25. The zero-order valence-corrected chi connectivity index (χ0v) is 18.0. The lowest BCUT2D eigenvalue weighted by atomic mass is 9.88. The molecule has 2 heteroatoms. The SMILES string of the molecule is CCN(CC)c1cc(C)c(-c2c(C)cc(N(CC)CC)cc2C)c(C)c1. The molecule has 2 nitrogen and oxygen atoms in total. The Balaban J connectivity index is 2.58. The molecule has 0 saturated carbocycles. The molecule has 2 rings (SSSR count). The van der Waals surface area contributed by atoms with E-state index >= 15 is 0 Å². The van der Waals surface area contributed by atoms with Gasteiger partial charge in [0, 0.05) is 37.6 Å². The largest absolute Gasteiger partial charge is 0.372 e. The molecule has 2 aromatic rings. The van der Waals surface area contributed by atoms with Crippen molar-refractivity contribution in [3.63, 3.8) is 0 Å². The van der Waals surface area contributed by atoms with Crippen molar-refractivity contribution in [3.8, 4) is 11.1 Å². The zero-order chi connectivity index (χ0) is 19.4. The Morgan fingerprint density at radius 2 is 0.731 bits per heavy atom. The van der Waals surface area contributed by atoms with E-state index in [1.165, 1.54) is 44.8 Å². The second kappa shape index (κ2) is 8.62. The molecule has 0 amide bonds. The first-order valence-corrected chi connectivity index (χ1v) is 10.1. The molecule has 142 valence electrons. The van der Waals surface area contributed by atoms with E-state index in [0.717, 1.165) is 26.2 Å². The Bertz CT molecular complexity index is 641. The van der Waals surface area contributed by atoms with Crippen LogP contribution in [-0.4, -0.2) is 26.2 Å². The molecule has 0 heterocycles. The first-order chi connectivity index (χ1) is 12.4. The minimum atomic E-state index is 1.05. The lowest BCUT2D eigenvalue weighted by molar-refractivity contribution is 0.864. The summed E-state index contributed by atoms with van der Waals surface area (Å²) < 4.78 is 0.